The first-order valence-corrected chi connectivity index (χ1v) is 5.63. The van der Waals surface area contributed by atoms with Crippen molar-refractivity contribution >= 4 is 11.8 Å². The predicted octanol–water partition coefficient (Wildman–Crippen LogP) is 1.95. The van der Waals surface area contributed by atoms with Gasteiger partial charge in [0.25, 0.3) is 0 Å². The fourth-order valence-electron chi connectivity index (χ4n) is 2.04. The van der Waals surface area contributed by atoms with Crippen LogP contribution >= 0.6 is 0 Å². The largest absolute Gasteiger partial charge is 0.465 e. The van der Waals surface area contributed by atoms with Crippen LogP contribution in [-0.2, 0) is 6.18 Å². The average molecular weight is 275 g/mol. The Labute approximate surface area is 107 Å². The van der Waals surface area contributed by atoms with Crippen molar-refractivity contribution < 1.29 is 23.1 Å². The summed E-state index contributed by atoms with van der Waals surface area (Å²) in [5.41, 5.74) is -0.454. The van der Waals surface area contributed by atoms with Crippen LogP contribution in [0.1, 0.15) is 12.0 Å². The Morgan fingerprint density at radius 2 is 2.21 bits per heavy atom. The number of nitrogens with zero attached hydrogens (tertiary/aromatic N) is 2. The number of hydrogen-bond donors (Lipinski definition) is 2. The zero-order chi connectivity index (χ0) is 14.0. The molecule has 19 heavy (non-hydrogen) atoms. The number of aromatic nitrogens is 1. The summed E-state index contributed by atoms with van der Waals surface area (Å²) in [6.07, 6.45) is -2.89. The molecular formula is C11H12F3N3O2. The summed E-state index contributed by atoms with van der Waals surface area (Å²) in [5, 5.41) is 10.9. The molecule has 1 atom stereocenters. The number of carbonyl (C=O) groups is 1. The number of alkyl halides is 3. The van der Waals surface area contributed by atoms with Crippen LogP contribution in [0.3, 0.4) is 0 Å². The SMILES string of the molecule is O=C(O)N[C@@H]1CCN(c2cncc(C(F)(F)F)c2)C1. The molecule has 0 radical (unpaired) electrons. The monoisotopic (exact) mass is 275 g/mol. The lowest BCUT2D eigenvalue weighted by atomic mass is 10.2. The fraction of sp³-hybridized carbons (Fsp3) is 0.455. The third-order valence-electron chi connectivity index (χ3n) is 2.93. The molecule has 1 aliphatic heterocycles. The van der Waals surface area contributed by atoms with Gasteiger partial charge in [0.15, 0.2) is 0 Å². The van der Waals surface area contributed by atoms with E-state index in [0.29, 0.717) is 25.2 Å². The summed E-state index contributed by atoms with van der Waals surface area (Å²) in [5.74, 6) is 0. The van der Waals surface area contributed by atoms with E-state index in [-0.39, 0.29) is 6.04 Å². The lowest BCUT2D eigenvalue weighted by molar-refractivity contribution is -0.137. The first-order valence-electron chi connectivity index (χ1n) is 5.63. The van der Waals surface area contributed by atoms with Gasteiger partial charge >= 0.3 is 12.3 Å². The first-order chi connectivity index (χ1) is 8.86. The number of nitrogens with one attached hydrogen (secondary N) is 1. The molecule has 8 heteroatoms. The summed E-state index contributed by atoms with van der Waals surface area (Å²) >= 11 is 0. The third-order valence-corrected chi connectivity index (χ3v) is 2.93. The van der Waals surface area contributed by atoms with Crippen molar-refractivity contribution in [3.8, 4) is 0 Å². The van der Waals surface area contributed by atoms with E-state index in [2.05, 4.69) is 10.3 Å². The summed E-state index contributed by atoms with van der Waals surface area (Å²) in [4.78, 5) is 15.8. The summed E-state index contributed by atoms with van der Waals surface area (Å²) in [6.45, 7) is 0.837. The summed E-state index contributed by atoms with van der Waals surface area (Å²) in [7, 11) is 0. The number of anilines is 1. The van der Waals surface area contributed by atoms with E-state index in [4.69, 9.17) is 5.11 Å². The van der Waals surface area contributed by atoms with Crippen molar-refractivity contribution in [3.63, 3.8) is 0 Å². The fourth-order valence-corrected chi connectivity index (χ4v) is 2.04. The Hall–Kier alpha value is -1.99. The first kappa shape index (κ1) is 13.4. The summed E-state index contributed by atoms with van der Waals surface area (Å²) < 4.78 is 37.7. The Morgan fingerprint density at radius 3 is 2.84 bits per heavy atom. The van der Waals surface area contributed by atoms with Gasteiger partial charge in [0.2, 0.25) is 0 Å². The van der Waals surface area contributed by atoms with Gasteiger partial charge in [-0.25, -0.2) is 4.79 Å². The van der Waals surface area contributed by atoms with E-state index < -0.39 is 17.8 Å². The standard InChI is InChI=1S/C11H12F3N3O2/c12-11(13,14)7-3-9(5-15-4-7)17-2-1-8(6-17)16-10(18)19/h3-5,8,16H,1-2,6H2,(H,18,19)/t8-/m1/s1. The quantitative estimate of drug-likeness (QED) is 0.865. The van der Waals surface area contributed by atoms with Gasteiger partial charge < -0.3 is 15.3 Å². The maximum absolute atomic E-state index is 12.6. The normalized spacial score (nSPS) is 19.5. The van der Waals surface area contributed by atoms with Crippen molar-refractivity contribution in [1.82, 2.24) is 10.3 Å². The predicted molar refractivity (Wildman–Crippen MR) is 61.0 cm³/mol. The highest BCUT2D eigenvalue weighted by Gasteiger charge is 2.32. The molecule has 2 rings (SSSR count). The smallest absolute Gasteiger partial charge is 0.417 e. The zero-order valence-electron chi connectivity index (χ0n) is 9.81. The van der Waals surface area contributed by atoms with Crippen LogP contribution in [0.15, 0.2) is 18.5 Å². The van der Waals surface area contributed by atoms with E-state index in [1.807, 2.05) is 0 Å². The highest BCUT2D eigenvalue weighted by Crippen LogP contribution is 2.31. The van der Waals surface area contributed by atoms with Crippen molar-refractivity contribution in [3.05, 3.63) is 24.0 Å². The molecule has 0 unspecified atom stereocenters. The van der Waals surface area contributed by atoms with Gasteiger partial charge in [0.1, 0.15) is 0 Å². The second kappa shape index (κ2) is 4.94. The molecular weight excluding hydrogens is 263 g/mol. The van der Waals surface area contributed by atoms with Gasteiger partial charge in [0.05, 0.1) is 23.5 Å². The van der Waals surface area contributed by atoms with Crippen LogP contribution in [-0.4, -0.2) is 35.3 Å². The van der Waals surface area contributed by atoms with Gasteiger partial charge in [-0.1, -0.05) is 0 Å². The van der Waals surface area contributed by atoms with Crippen LogP contribution in [0.25, 0.3) is 0 Å². The Balaban J connectivity index is 2.09. The molecule has 2 N–H and O–H groups in total. The number of hydrogen-bond acceptors (Lipinski definition) is 3. The molecule has 0 aliphatic carbocycles. The second-order valence-corrected chi connectivity index (χ2v) is 4.31. The van der Waals surface area contributed by atoms with Crippen molar-refractivity contribution in [1.29, 1.82) is 0 Å². The van der Waals surface area contributed by atoms with Crippen LogP contribution in [0.4, 0.5) is 23.7 Å². The highest BCUT2D eigenvalue weighted by molar-refractivity contribution is 5.65. The van der Waals surface area contributed by atoms with Crippen molar-refractivity contribution in [2.75, 3.05) is 18.0 Å². The van der Waals surface area contributed by atoms with Gasteiger partial charge in [-0.15, -0.1) is 0 Å². The highest BCUT2D eigenvalue weighted by atomic mass is 19.4. The van der Waals surface area contributed by atoms with Crippen molar-refractivity contribution in [2.45, 2.75) is 18.6 Å². The van der Waals surface area contributed by atoms with Crippen LogP contribution < -0.4 is 10.2 Å². The molecule has 1 aromatic heterocycles. The van der Waals surface area contributed by atoms with Crippen LogP contribution in [0, 0.1) is 0 Å². The molecule has 5 nitrogen and oxygen atoms in total. The third kappa shape index (κ3) is 3.27. The van der Waals surface area contributed by atoms with E-state index in [0.717, 1.165) is 12.3 Å². The molecule has 1 fully saturated rings. The molecule has 0 spiro atoms. The molecule has 1 aliphatic rings. The Morgan fingerprint density at radius 1 is 1.47 bits per heavy atom. The molecule has 2 heterocycles. The average Bonchev–Trinajstić information content (AvgIpc) is 2.76. The minimum Gasteiger partial charge on any atom is -0.465 e. The Bertz CT molecular complexity index is 478. The topological polar surface area (TPSA) is 65.5 Å². The van der Waals surface area contributed by atoms with Crippen LogP contribution in [0.5, 0.6) is 0 Å². The van der Waals surface area contributed by atoms with Crippen molar-refractivity contribution in [2.24, 2.45) is 0 Å². The molecule has 0 saturated carbocycles. The molecule has 0 aromatic carbocycles. The molecule has 1 saturated heterocycles. The second-order valence-electron chi connectivity index (χ2n) is 4.31. The maximum Gasteiger partial charge on any atom is 0.417 e. The van der Waals surface area contributed by atoms with Crippen LogP contribution in [0.2, 0.25) is 0 Å². The molecule has 0 bridgehead atoms. The van der Waals surface area contributed by atoms with Gasteiger partial charge in [-0.05, 0) is 12.5 Å². The lowest BCUT2D eigenvalue weighted by Crippen LogP contribution is -2.36. The number of pyridine rings is 1. The Kier molecular flexibility index (Phi) is 3.50. The van der Waals surface area contributed by atoms with Gasteiger partial charge in [-0.3, -0.25) is 4.98 Å². The molecule has 1 amide bonds. The van der Waals surface area contributed by atoms with E-state index >= 15 is 0 Å². The molecule has 1 aromatic rings. The minimum absolute atomic E-state index is 0.271. The lowest BCUT2D eigenvalue weighted by Gasteiger charge is -2.19. The zero-order valence-corrected chi connectivity index (χ0v) is 9.81. The van der Waals surface area contributed by atoms with E-state index in [1.54, 1.807) is 4.90 Å². The number of amides is 1. The maximum atomic E-state index is 12.6. The number of carboxylic acid groups (broad SMARTS) is 1. The van der Waals surface area contributed by atoms with E-state index in [1.165, 1.54) is 6.20 Å². The van der Waals surface area contributed by atoms with E-state index in [9.17, 15) is 18.0 Å². The number of halogens is 3. The summed E-state index contributed by atoms with van der Waals surface area (Å²) in [6, 6.07) is 0.753. The number of rotatable bonds is 2. The molecule has 104 valence electrons. The van der Waals surface area contributed by atoms with Gasteiger partial charge in [0, 0.05) is 19.3 Å². The van der Waals surface area contributed by atoms with Gasteiger partial charge in [-0.2, -0.15) is 13.2 Å². The minimum atomic E-state index is -4.43.